The van der Waals surface area contributed by atoms with E-state index in [1.165, 1.54) is 4.90 Å². The number of benzene rings is 1. The van der Waals surface area contributed by atoms with Gasteiger partial charge in [-0.05, 0) is 38.0 Å². The summed E-state index contributed by atoms with van der Waals surface area (Å²) in [5.74, 6) is -0.363. The average molecular weight is 439 g/mol. The fraction of sp³-hybridized carbons (Fsp3) is 0.538. The molecule has 3 aliphatic heterocycles. The largest absolute Gasteiger partial charge is 0.368 e. The van der Waals surface area contributed by atoms with Crippen LogP contribution >= 0.6 is 0 Å². The van der Waals surface area contributed by atoms with E-state index in [-0.39, 0.29) is 17.9 Å². The van der Waals surface area contributed by atoms with Crippen molar-refractivity contribution in [2.24, 2.45) is 0 Å². The number of amides is 2. The maximum atomic E-state index is 13.1. The summed E-state index contributed by atoms with van der Waals surface area (Å²) in [6, 6.07) is 6.08. The molecule has 0 bridgehead atoms. The van der Waals surface area contributed by atoms with Gasteiger partial charge in [-0.1, -0.05) is 38.5 Å². The number of nitrogens with zero attached hydrogens (tertiary/aromatic N) is 3. The first kappa shape index (κ1) is 24.2. The molecule has 1 atom stereocenters. The zero-order chi connectivity index (χ0) is 23.3. The molecule has 0 spiro atoms. The van der Waals surface area contributed by atoms with Gasteiger partial charge < -0.3 is 10.2 Å². The highest BCUT2D eigenvalue weighted by Gasteiger charge is 2.41. The second-order valence-corrected chi connectivity index (χ2v) is 8.90. The van der Waals surface area contributed by atoms with Crippen LogP contribution in [-0.4, -0.2) is 73.0 Å². The number of carbonyl (C=O) groups is 2. The van der Waals surface area contributed by atoms with Crippen molar-refractivity contribution in [1.82, 2.24) is 15.1 Å². The van der Waals surface area contributed by atoms with Crippen LogP contribution in [-0.2, 0) is 0 Å². The minimum absolute atomic E-state index is 0.178. The molecule has 32 heavy (non-hydrogen) atoms. The summed E-state index contributed by atoms with van der Waals surface area (Å²) in [4.78, 5) is 32.2. The predicted octanol–water partition coefficient (Wildman–Crippen LogP) is 3.70. The van der Waals surface area contributed by atoms with Gasteiger partial charge in [0.25, 0.3) is 11.8 Å². The first-order valence-corrected chi connectivity index (χ1v) is 11.9. The number of hydrogen-bond acceptors (Lipinski definition) is 5. The molecule has 3 aliphatic rings. The van der Waals surface area contributed by atoms with Gasteiger partial charge in [0.2, 0.25) is 0 Å². The summed E-state index contributed by atoms with van der Waals surface area (Å²) in [6.45, 7) is 19.8. The molecule has 0 radical (unpaired) electrons. The van der Waals surface area contributed by atoms with E-state index in [1.807, 2.05) is 31.2 Å². The van der Waals surface area contributed by atoms with Crippen molar-refractivity contribution in [3.8, 4) is 0 Å². The van der Waals surface area contributed by atoms with Gasteiger partial charge in [-0.25, -0.2) is 0 Å². The van der Waals surface area contributed by atoms with E-state index in [9.17, 15) is 9.59 Å². The summed E-state index contributed by atoms with van der Waals surface area (Å²) in [5, 5.41) is 3.39. The van der Waals surface area contributed by atoms with E-state index >= 15 is 0 Å². The lowest BCUT2D eigenvalue weighted by atomic mass is 10.0. The van der Waals surface area contributed by atoms with Gasteiger partial charge >= 0.3 is 0 Å². The quantitative estimate of drug-likeness (QED) is 0.520. The van der Waals surface area contributed by atoms with Crippen LogP contribution in [0.4, 0.5) is 5.69 Å². The van der Waals surface area contributed by atoms with Gasteiger partial charge in [0.05, 0.1) is 17.2 Å². The van der Waals surface area contributed by atoms with Crippen molar-refractivity contribution in [2.75, 3.05) is 44.2 Å². The first-order valence-electron chi connectivity index (χ1n) is 11.9. The molecule has 3 heterocycles. The standard InChI is InChI=1S/C22H30N4O2.C4H8/c1-4-5-20(15(2)3)26-21(27)18-7-6-16(12-19(18)22(26)28)25-13-17(14-25)24-10-8-23-9-11-24;1-3-4-2/h6-7,12,17,20,23H,2,4-5,8-11,13-14H2,1,3H3;3H,1,4H2,2H3. The smallest absolute Gasteiger partial charge is 0.262 e. The van der Waals surface area contributed by atoms with E-state index in [0.717, 1.165) is 69.8 Å². The van der Waals surface area contributed by atoms with E-state index < -0.39 is 0 Å². The maximum Gasteiger partial charge on any atom is 0.262 e. The highest BCUT2D eigenvalue weighted by Crippen LogP contribution is 2.33. The van der Waals surface area contributed by atoms with Crippen LogP contribution in [0.5, 0.6) is 0 Å². The molecule has 0 aliphatic carbocycles. The molecule has 1 aromatic rings. The first-order chi connectivity index (χ1) is 15.4. The highest BCUT2D eigenvalue weighted by molar-refractivity contribution is 6.22. The van der Waals surface area contributed by atoms with Gasteiger partial charge in [0.15, 0.2) is 0 Å². The Morgan fingerprint density at radius 2 is 1.78 bits per heavy atom. The molecule has 6 heteroatoms. The van der Waals surface area contributed by atoms with Crippen molar-refractivity contribution in [1.29, 1.82) is 0 Å². The Kier molecular flexibility index (Phi) is 8.26. The molecule has 1 aromatic carbocycles. The Hall–Kier alpha value is -2.44. The number of imide groups is 1. The summed E-state index contributed by atoms with van der Waals surface area (Å²) < 4.78 is 0. The van der Waals surface area contributed by atoms with Gasteiger partial charge in [0.1, 0.15) is 0 Å². The van der Waals surface area contributed by atoms with Gasteiger partial charge in [-0.3, -0.25) is 19.4 Å². The van der Waals surface area contributed by atoms with Crippen LogP contribution in [0.2, 0.25) is 0 Å². The van der Waals surface area contributed by atoms with E-state index in [2.05, 4.69) is 42.1 Å². The Morgan fingerprint density at radius 1 is 1.16 bits per heavy atom. The second-order valence-electron chi connectivity index (χ2n) is 8.90. The molecule has 2 fully saturated rings. The van der Waals surface area contributed by atoms with Crippen molar-refractivity contribution in [3.05, 3.63) is 54.1 Å². The lowest BCUT2D eigenvalue weighted by molar-refractivity contribution is 0.0601. The molecule has 2 amide bonds. The van der Waals surface area contributed by atoms with Crippen LogP contribution in [0, 0.1) is 0 Å². The molecular formula is C26H38N4O2. The number of rotatable bonds is 7. The van der Waals surface area contributed by atoms with E-state index in [4.69, 9.17) is 0 Å². The summed E-state index contributed by atoms with van der Waals surface area (Å²) in [7, 11) is 0. The molecule has 0 saturated carbocycles. The van der Waals surface area contributed by atoms with Crippen molar-refractivity contribution in [2.45, 2.75) is 52.1 Å². The van der Waals surface area contributed by atoms with Gasteiger partial charge in [-0.15, -0.1) is 6.58 Å². The average Bonchev–Trinajstić information content (AvgIpc) is 3.01. The molecule has 174 valence electrons. The molecule has 2 saturated heterocycles. The number of carbonyl (C=O) groups excluding carboxylic acids is 2. The highest BCUT2D eigenvalue weighted by atomic mass is 16.2. The lowest BCUT2D eigenvalue weighted by Crippen LogP contribution is -2.62. The Balaban J connectivity index is 0.000000668. The molecule has 0 aromatic heterocycles. The number of piperazine rings is 1. The number of anilines is 1. The monoisotopic (exact) mass is 438 g/mol. The zero-order valence-electron chi connectivity index (χ0n) is 19.9. The minimum Gasteiger partial charge on any atom is -0.368 e. The van der Waals surface area contributed by atoms with Crippen LogP contribution < -0.4 is 10.2 Å². The number of nitrogens with one attached hydrogen (secondary N) is 1. The second kappa shape index (κ2) is 10.9. The molecule has 1 N–H and O–H groups in total. The van der Waals surface area contributed by atoms with Crippen LogP contribution in [0.25, 0.3) is 0 Å². The third-order valence-corrected chi connectivity index (χ3v) is 6.53. The number of fused-ring (bicyclic) bond motifs is 1. The topological polar surface area (TPSA) is 55.9 Å². The van der Waals surface area contributed by atoms with Crippen molar-refractivity contribution < 1.29 is 9.59 Å². The predicted molar refractivity (Wildman–Crippen MR) is 131 cm³/mol. The van der Waals surface area contributed by atoms with Crippen molar-refractivity contribution >= 4 is 17.5 Å². The third kappa shape index (κ3) is 4.97. The van der Waals surface area contributed by atoms with E-state index in [0.29, 0.717) is 17.2 Å². The maximum absolute atomic E-state index is 13.1. The summed E-state index contributed by atoms with van der Waals surface area (Å²) in [5.41, 5.74) is 2.96. The number of hydrogen-bond donors (Lipinski definition) is 1. The van der Waals surface area contributed by atoms with Crippen molar-refractivity contribution in [3.63, 3.8) is 0 Å². The molecule has 6 nitrogen and oxygen atoms in total. The molecule has 4 rings (SSSR count). The normalized spacial score (nSPS) is 19.7. The van der Waals surface area contributed by atoms with Crippen LogP contribution in [0.15, 0.2) is 43.0 Å². The Morgan fingerprint density at radius 3 is 2.34 bits per heavy atom. The minimum atomic E-state index is -0.220. The van der Waals surface area contributed by atoms with Crippen LogP contribution in [0.1, 0.15) is 60.7 Å². The fourth-order valence-corrected chi connectivity index (χ4v) is 4.54. The fourth-order valence-electron chi connectivity index (χ4n) is 4.54. The third-order valence-electron chi connectivity index (χ3n) is 6.53. The van der Waals surface area contributed by atoms with E-state index in [1.54, 1.807) is 0 Å². The van der Waals surface area contributed by atoms with Gasteiger partial charge in [-0.2, -0.15) is 0 Å². The zero-order valence-corrected chi connectivity index (χ0v) is 19.9. The summed E-state index contributed by atoms with van der Waals surface area (Å²) in [6.07, 6.45) is 4.61. The summed E-state index contributed by atoms with van der Waals surface area (Å²) >= 11 is 0. The van der Waals surface area contributed by atoms with Crippen LogP contribution in [0.3, 0.4) is 0 Å². The Bertz CT molecular complexity index is 853. The molecule has 1 unspecified atom stereocenters. The molecular weight excluding hydrogens is 400 g/mol. The Labute approximate surface area is 192 Å². The lowest BCUT2D eigenvalue weighted by Gasteiger charge is -2.48. The SMILES string of the molecule is C=C(C)C(CCC)N1C(=O)c2ccc(N3CC(N4CCNCC4)C3)cc2C1=O.C=CCC. The number of allylic oxidation sites excluding steroid dienone is 1. The van der Waals surface area contributed by atoms with Gasteiger partial charge in [0, 0.05) is 51.0 Å².